The molecule has 0 amide bonds. The van der Waals surface area contributed by atoms with Crippen molar-refractivity contribution >= 4 is 24.2 Å². The van der Waals surface area contributed by atoms with Gasteiger partial charge in [-0.15, -0.1) is 17.5 Å². The number of rotatable bonds is 10. The number of thioether (sulfide) groups is 1. The summed E-state index contributed by atoms with van der Waals surface area (Å²) in [5.41, 5.74) is 2.03. The van der Waals surface area contributed by atoms with E-state index in [0.29, 0.717) is 13.2 Å². The highest BCUT2D eigenvalue weighted by Gasteiger charge is 2.11. The van der Waals surface area contributed by atoms with Crippen molar-refractivity contribution in [1.82, 2.24) is 25.5 Å². The van der Waals surface area contributed by atoms with E-state index in [4.69, 9.17) is 9.47 Å². The maximum Gasteiger partial charge on any atom is 0.214 e. The van der Waals surface area contributed by atoms with Crippen molar-refractivity contribution < 1.29 is 9.47 Å². The Hall–Kier alpha value is -2.29. The monoisotopic (exact) mass is 421 g/mol. The van der Waals surface area contributed by atoms with Gasteiger partial charge < -0.3 is 14.8 Å². The van der Waals surface area contributed by atoms with Crippen molar-refractivity contribution in [2.24, 2.45) is 0 Å². The van der Waals surface area contributed by atoms with Gasteiger partial charge in [0, 0.05) is 24.4 Å². The quantitative estimate of drug-likeness (QED) is 0.397. The van der Waals surface area contributed by atoms with Gasteiger partial charge >= 0.3 is 0 Å². The lowest BCUT2D eigenvalue weighted by molar-refractivity contribution is 0.307. The van der Waals surface area contributed by atoms with Gasteiger partial charge in [0.15, 0.2) is 11.5 Å². The molecule has 1 N–H and O–H groups in total. The van der Waals surface area contributed by atoms with Crippen molar-refractivity contribution in [2.75, 3.05) is 26.0 Å². The van der Waals surface area contributed by atoms with E-state index in [1.54, 1.807) is 23.6 Å². The number of methoxy groups -OCH3 is 1. The van der Waals surface area contributed by atoms with Gasteiger partial charge in [0.2, 0.25) is 5.16 Å². The summed E-state index contributed by atoms with van der Waals surface area (Å²) >= 11 is 1.61. The van der Waals surface area contributed by atoms with Crippen LogP contribution in [0, 0.1) is 0 Å². The maximum atomic E-state index is 5.74. The van der Waals surface area contributed by atoms with Crippen LogP contribution in [-0.2, 0) is 6.54 Å². The molecule has 1 aromatic heterocycles. The fourth-order valence-electron chi connectivity index (χ4n) is 2.61. The molecule has 3 rings (SSSR count). The zero-order chi connectivity index (χ0) is 18.9. The fourth-order valence-corrected chi connectivity index (χ4v) is 3.39. The average molecular weight is 422 g/mol. The first-order valence-corrected chi connectivity index (χ1v) is 9.78. The number of aromatic nitrogens is 4. The summed E-state index contributed by atoms with van der Waals surface area (Å²) in [7, 11) is 1.66. The van der Waals surface area contributed by atoms with Gasteiger partial charge in [0.1, 0.15) is 0 Å². The molecule has 0 atom stereocenters. The number of nitrogens with zero attached hydrogens (tertiary/aromatic N) is 4. The first-order chi connectivity index (χ1) is 13.3. The molecule has 9 heteroatoms. The van der Waals surface area contributed by atoms with Crippen molar-refractivity contribution in [3.05, 3.63) is 54.1 Å². The predicted molar refractivity (Wildman–Crippen MR) is 113 cm³/mol. The van der Waals surface area contributed by atoms with Gasteiger partial charge in [-0.25, -0.2) is 0 Å². The van der Waals surface area contributed by atoms with Crippen molar-refractivity contribution in [2.45, 2.75) is 18.6 Å². The molecule has 7 nitrogen and oxygen atoms in total. The Morgan fingerprint density at radius 1 is 1.11 bits per heavy atom. The van der Waals surface area contributed by atoms with Crippen LogP contribution in [-0.4, -0.2) is 46.2 Å². The molecule has 0 aliphatic heterocycles. The predicted octanol–water partition coefficient (Wildman–Crippen LogP) is 3.37. The van der Waals surface area contributed by atoms with E-state index < -0.39 is 0 Å². The van der Waals surface area contributed by atoms with Crippen LogP contribution in [0.15, 0.2) is 53.7 Å². The first-order valence-electron chi connectivity index (χ1n) is 8.79. The molecular weight excluding hydrogens is 398 g/mol. The molecule has 0 saturated heterocycles. The Bertz CT molecular complexity index is 847. The molecule has 0 aliphatic rings. The molecule has 0 radical (unpaired) electrons. The number of benzene rings is 2. The number of ether oxygens (including phenoxy) is 2. The topological polar surface area (TPSA) is 74.1 Å². The Balaban J connectivity index is 0.00000280. The summed E-state index contributed by atoms with van der Waals surface area (Å²) in [6, 6.07) is 15.8. The second-order valence-electron chi connectivity index (χ2n) is 5.62. The summed E-state index contributed by atoms with van der Waals surface area (Å²) in [6.07, 6.45) is 0. The highest BCUT2D eigenvalue weighted by atomic mass is 35.5. The smallest absolute Gasteiger partial charge is 0.214 e. The van der Waals surface area contributed by atoms with Gasteiger partial charge in [-0.2, -0.15) is 4.68 Å². The van der Waals surface area contributed by atoms with Crippen LogP contribution in [0.2, 0.25) is 0 Å². The van der Waals surface area contributed by atoms with Gasteiger partial charge in [0.25, 0.3) is 0 Å². The summed E-state index contributed by atoms with van der Waals surface area (Å²) in [5, 5.41) is 16.2. The Labute approximate surface area is 175 Å². The van der Waals surface area contributed by atoms with Crippen LogP contribution >= 0.6 is 24.2 Å². The minimum atomic E-state index is 0. The first kappa shape index (κ1) is 22.0. The molecule has 3 aromatic rings. The van der Waals surface area contributed by atoms with Crippen LogP contribution in [0.3, 0.4) is 0 Å². The Kier molecular flexibility index (Phi) is 9.06. The Morgan fingerprint density at radius 2 is 1.93 bits per heavy atom. The average Bonchev–Trinajstić information content (AvgIpc) is 3.18. The molecule has 0 aliphatic carbocycles. The molecule has 1 heterocycles. The SMILES string of the molecule is CCOc1c(CNCCSc2nnnn2-c2ccccc2)cccc1OC.Cl. The summed E-state index contributed by atoms with van der Waals surface area (Å²) in [6.45, 7) is 4.09. The van der Waals surface area contributed by atoms with E-state index in [-0.39, 0.29) is 12.4 Å². The lowest BCUT2D eigenvalue weighted by Crippen LogP contribution is -2.17. The van der Waals surface area contributed by atoms with Crippen LogP contribution < -0.4 is 14.8 Å². The maximum absolute atomic E-state index is 5.74. The number of hydrogen-bond acceptors (Lipinski definition) is 7. The van der Waals surface area contributed by atoms with E-state index in [1.807, 2.05) is 55.5 Å². The number of nitrogens with one attached hydrogen (secondary N) is 1. The van der Waals surface area contributed by atoms with Crippen LogP contribution in [0.4, 0.5) is 0 Å². The molecule has 0 spiro atoms. The third kappa shape index (κ3) is 5.60. The third-order valence-corrected chi connectivity index (χ3v) is 4.76. The lowest BCUT2D eigenvalue weighted by Gasteiger charge is -2.14. The van der Waals surface area contributed by atoms with E-state index in [0.717, 1.165) is 40.2 Å². The van der Waals surface area contributed by atoms with Crippen LogP contribution in [0.5, 0.6) is 11.5 Å². The van der Waals surface area contributed by atoms with Crippen LogP contribution in [0.1, 0.15) is 12.5 Å². The zero-order valence-electron chi connectivity index (χ0n) is 15.9. The molecule has 0 saturated carbocycles. The van der Waals surface area contributed by atoms with E-state index >= 15 is 0 Å². The zero-order valence-corrected chi connectivity index (χ0v) is 17.5. The minimum absolute atomic E-state index is 0. The number of halogens is 1. The van der Waals surface area contributed by atoms with E-state index in [2.05, 4.69) is 20.8 Å². The van der Waals surface area contributed by atoms with Gasteiger partial charge in [0.05, 0.1) is 19.4 Å². The molecule has 28 heavy (non-hydrogen) atoms. The highest BCUT2D eigenvalue weighted by molar-refractivity contribution is 7.99. The number of para-hydroxylation sites is 2. The highest BCUT2D eigenvalue weighted by Crippen LogP contribution is 2.31. The normalized spacial score (nSPS) is 10.4. The number of hydrogen-bond donors (Lipinski definition) is 1. The second-order valence-corrected chi connectivity index (χ2v) is 6.68. The third-order valence-electron chi connectivity index (χ3n) is 3.84. The standard InChI is InChI=1S/C19H23N5O2S.ClH/c1-3-26-18-15(8-7-11-17(18)25-2)14-20-12-13-27-19-21-22-23-24(19)16-9-5-4-6-10-16;/h4-11,20H,3,12-14H2,1-2H3;1H. The summed E-state index contributed by atoms with van der Waals surface area (Å²) in [5.74, 6) is 2.41. The molecule has 0 bridgehead atoms. The van der Waals surface area contributed by atoms with Crippen molar-refractivity contribution in [1.29, 1.82) is 0 Å². The molecule has 0 fully saturated rings. The van der Waals surface area contributed by atoms with Gasteiger partial charge in [-0.3, -0.25) is 0 Å². The molecule has 2 aromatic carbocycles. The summed E-state index contributed by atoms with van der Waals surface area (Å²) < 4.78 is 12.9. The second kappa shape index (κ2) is 11.5. The van der Waals surface area contributed by atoms with E-state index in [9.17, 15) is 0 Å². The summed E-state index contributed by atoms with van der Waals surface area (Å²) in [4.78, 5) is 0. The fraction of sp³-hybridized carbons (Fsp3) is 0.316. The van der Waals surface area contributed by atoms with E-state index in [1.165, 1.54) is 0 Å². The molecule has 150 valence electrons. The largest absolute Gasteiger partial charge is 0.493 e. The van der Waals surface area contributed by atoms with Crippen molar-refractivity contribution in [3.63, 3.8) is 0 Å². The Morgan fingerprint density at radius 3 is 2.68 bits per heavy atom. The number of tetrazole rings is 1. The lowest BCUT2D eigenvalue weighted by atomic mass is 10.2. The van der Waals surface area contributed by atoms with Gasteiger partial charge in [-0.05, 0) is 35.5 Å². The van der Waals surface area contributed by atoms with Crippen molar-refractivity contribution in [3.8, 4) is 17.2 Å². The van der Waals surface area contributed by atoms with Crippen LogP contribution in [0.25, 0.3) is 5.69 Å². The molecule has 0 unspecified atom stereocenters. The minimum Gasteiger partial charge on any atom is -0.493 e. The van der Waals surface area contributed by atoms with Gasteiger partial charge in [-0.1, -0.05) is 42.1 Å². The molecular formula is C19H24ClN5O2S.